The normalized spacial score (nSPS) is 16.9. The van der Waals surface area contributed by atoms with Gasteiger partial charge in [0.25, 0.3) is 0 Å². The third-order valence-corrected chi connectivity index (χ3v) is 6.97. The van der Waals surface area contributed by atoms with Gasteiger partial charge >= 0.3 is 12.1 Å². The molecular weight excluding hydrogens is 436 g/mol. The summed E-state index contributed by atoms with van der Waals surface area (Å²) in [6.45, 7) is 0.213. The fourth-order valence-electron chi connectivity index (χ4n) is 5.07. The number of amides is 2. The first-order valence-electron chi connectivity index (χ1n) is 11.6. The highest BCUT2D eigenvalue weighted by molar-refractivity contribution is 5.85. The Morgan fingerprint density at radius 2 is 1.59 bits per heavy atom. The number of methoxy groups -OCH3 is 1. The fraction of sp³-hybridized carbons (Fsp3) is 0.423. The van der Waals surface area contributed by atoms with E-state index < -0.39 is 23.6 Å². The van der Waals surface area contributed by atoms with E-state index in [0.29, 0.717) is 12.8 Å². The van der Waals surface area contributed by atoms with Crippen LogP contribution < -0.4 is 10.6 Å². The number of hydrogen-bond donors (Lipinski definition) is 3. The molecule has 1 fully saturated rings. The van der Waals surface area contributed by atoms with E-state index in [-0.39, 0.29) is 31.5 Å². The van der Waals surface area contributed by atoms with Crippen molar-refractivity contribution in [3.63, 3.8) is 0 Å². The number of rotatable bonds is 9. The molecule has 34 heavy (non-hydrogen) atoms. The molecule has 2 aromatic rings. The van der Waals surface area contributed by atoms with Gasteiger partial charge in [0.05, 0.1) is 12.0 Å². The Kier molecular flexibility index (Phi) is 7.17. The molecule has 4 rings (SSSR count). The predicted octanol–water partition coefficient (Wildman–Crippen LogP) is 3.30. The maximum Gasteiger partial charge on any atom is 0.407 e. The Morgan fingerprint density at radius 1 is 1.00 bits per heavy atom. The molecular formula is C26H30N2O6. The number of carboxylic acid groups (broad SMARTS) is 1. The monoisotopic (exact) mass is 466 g/mol. The van der Waals surface area contributed by atoms with Gasteiger partial charge in [0.1, 0.15) is 6.61 Å². The molecule has 2 aliphatic carbocycles. The van der Waals surface area contributed by atoms with Crippen LogP contribution in [0.3, 0.4) is 0 Å². The van der Waals surface area contributed by atoms with Gasteiger partial charge in [-0.05, 0) is 35.1 Å². The smallest absolute Gasteiger partial charge is 0.407 e. The molecule has 180 valence electrons. The van der Waals surface area contributed by atoms with Crippen LogP contribution in [0.2, 0.25) is 0 Å². The minimum Gasteiger partial charge on any atom is -0.479 e. The lowest BCUT2D eigenvalue weighted by Gasteiger charge is -2.28. The van der Waals surface area contributed by atoms with E-state index in [0.717, 1.165) is 35.1 Å². The molecule has 8 heteroatoms. The Bertz CT molecular complexity index is 1020. The van der Waals surface area contributed by atoms with E-state index in [2.05, 4.69) is 34.9 Å². The molecule has 1 atom stereocenters. The largest absolute Gasteiger partial charge is 0.479 e. The predicted molar refractivity (Wildman–Crippen MR) is 125 cm³/mol. The quantitative estimate of drug-likeness (QED) is 0.523. The average Bonchev–Trinajstić information content (AvgIpc) is 3.45. The van der Waals surface area contributed by atoms with Crippen LogP contribution in [0.4, 0.5) is 4.79 Å². The van der Waals surface area contributed by atoms with Crippen LogP contribution in [-0.4, -0.2) is 56.0 Å². The number of benzene rings is 2. The molecule has 0 bridgehead atoms. The van der Waals surface area contributed by atoms with Gasteiger partial charge in [0.2, 0.25) is 5.91 Å². The van der Waals surface area contributed by atoms with Crippen molar-refractivity contribution in [1.29, 1.82) is 0 Å². The topological polar surface area (TPSA) is 114 Å². The minimum atomic E-state index is -1.14. The zero-order chi connectivity index (χ0) is 24.1. The number of nitrogens with one attached hydrogen (secondary N) is 2. The van der Waals surface area contributed by atoms with Crippen molar-refractivity contribution in [2.75, 3.05) is 26.8 Å². The summed E-state index contributed by atoms with van der Waals surface area (Å²) < 4.78 is 10.5. The van der Waals surface area contributed by atoms with Crippen molar-refractivity contribution in [3.8, 4) is 11.1 Å². The maximum absolute atomic E-state index is 12.9. The van der Waals surface area contributed by atoms with E-state index >= 15 is 0 Å². The Morgan fingerprint density at radius 3 is 2.15 bits per heavy atom. The molecule has 1 unspecified atom stereocenters. The Balaban J connectivity index is 1.35. The molecule has 2 aromatic carbocycles. The van der Waals surface area contributed by atoms with Crippen LogP contribution in [0.25, 0.3) is 11.1 Å². The van der Waals surface area contributed by atoms with Gasteiger partial charge in [-0.1, -0.05) is 61.4 Å². The van der Waals surface area contributed by atoms with E-state index in [4.69, 9.17) is 14.6 Å². The van der Waals surface area contributed by atoms with Crippen LogP contribution in [0, 0.1) is 5.41 Å². The van der Waals surface area contributed by atoms with Gasteiger partial charge in [-0.2, -0.15) is 0 Å². The number of fused-ring (bicyclic) bond motifs is 3. The number of ether oxygens (including phenoxy) is 2. The fourth-order valence-corrected chi connectivity index (χ4v) is 5.07. The lowest BCUT2D eigenvalue weighted by molar-refractivity contribution is -0.148. The number of carboxylic acids is 1. The third kappa shape index (κ3) is 4.77. The number of aliphatic carboxylic acids is 1. The van der Waals surface area contributed by atoms with Crippen molar-refractivity contribution in [1.82, 2.24) is 10.6 Å². The van der Waals surface area contributed by atoms with Gasteiger partial charge < -0.3 is 25.2 Å². The number of carbonyl (C=O) groups is 3. The Hall–Kier alpha value is -3.39. The van der Waals surface area contributed by atoms with Crippen molar-refractivity contribution in [2.24, 2.45) is 5.41 Å². The second kappa shape index (κ2) is 10.3. The van der Waals surface area contributed by atoms with Gasteiger partial charge in [-0.15, -0.1) is 0 Å². The summed E-state index contributed by atoms with van der Waals surface area (Å²) in [5, 5.41) is 14.6. The van der Waals surface area contributed by atoms with E-state index in [1.54, 1.807) is 0 Å². The van der Waals surface area contributed by atoms with Gasteiger partial charge in [-0.25, -0.2) is 9.59 Å². The van der Waals surface area contributed by atoms with Gasteiger partial charge in [0.15, 0.2) is 6.10 Å². The molecule has 0 aliphatic heterocycles. The zero-order valence-corrected chi connectivity index (χ0v) is 19.2. The Labute approximate surface area is 198 Å². The third-order valence-electron chi connectivity index (χ3n) is 6.97. The lowest BCUT2D eigenvalue weighted by Crippen LogP contribution is -2.49. The molecule has 2 aliphatic rings. The molecule has 8 nitrogen and oxygen atoms in total. The SMILES string of the molecule is COC(CNC(=O)C1(CNC(=O)OCC2c3ccccc3-c3ccccc32)CCCC1)C(=O)O. The molecule has 0 saturated heterocycles. The summed E-state index contributed by atoms with van der Waals surface area (Å²) >= 11 is 0. The summed E-state index contributed by atoms with van der Waals surface area (Å²) in [5.74, 6) is -1.45. The van der Waals surface area contributed by atoms with Crippen molar-refractivity contribution >= 4 is 18.0 Å². The highest BCUT2D eigenvalue weighted by atomic mass is 16.5. The molecule has 0 radical (unpaired) electrons. The first-order chi connectivity index (χ1) is 16.4. The number of carbonyl (C=O) groups excluding carboxylic acids is 2. The summed E-state index contributed by atoms with van der Waals surface area (Å²) in [7, 11) is 1.29. The summed E-state index contributed by atoms with van der Waals surface area (Å²) in [4.78, 5) is 36.6. The minimum absolute atomic E-state index is 0.0381. The van der Waals surface area contributed by atoms with Crippen LogP contribution in [0.1, 0.15) is 42.7 Å². The van der Waals surface area contributed by atoms with Crippen LogP contribution in [0.5, 0.6) is 0 Å². The highest BCUT2D eigenvalue weighted by Crippen LogP contribution is 2.44. The molecule has 2 amide bonds. The van der Waals surface area contributed by atoms with Crippen LogP contribution >= 0.6 is 0 Å². The first-order valence-corrected chi connectivity index (χ1v) is 11.6. The lowest BCUT2D eigenvalue weighted by atomic mass is 9.85. The average molecular weight is 467 g/mol. The van der Waals surface area contributed by atoms with Crippen LogP contribution in [-0.2, 0) is 19.1 Å². The van der Waals surface area contributed by atoms with E-state index in [1.165, 1.54) is 7.11 Å². The van der Waals surface area contributed by atoms with Crippen molar-refractivity contribution in [3.05, 3.63) is 59.7 Å². The second-order valence-electron chi connectivity index (χ2n) is 8.94. The number of alkyl carbamates (subject to hydrolysis) is 1. The molecule has 0 heterocycles. The summed E-state index contributed by atoms with van der Waals surface area (Å²) in [6.07, 6.45) is 1.29. The van der Waals surface area contributed by atoms with Gasteiger partial charge in [0, 0.05) is 19.6 Å². The van der Waals surface area contributed by atoms with Crippen molar-refractivity contribution < 1.29 is 29.0 Å². The van der Waals surface area contributed by atoms with E-state index in [9.17, 15) is 14.4 Å². The highest BCUT2D eigenvalue weighted by Gasteiger charge is 2.42. The van der Waals surface area contributed by atoms with Crippen molar-refractivity contribution in [2.45, 2.75) is 37.7 Å². The molecule has 0 aromatic heterocycles. The number of hydrogen-bond acceptors (Lipinski definition) is 5. The second-order valence-corrected chi connectivity index (χ2v) is 8.94. The molecule has 0 spiro atoms. The first kappa shape index (κ1) is 23.8. The standard InChI is InChI=1S/C26H30N2O6/c1-33-22(23(29)30)14-27-24(31)26(12-6-7-13-26)16-28-25(32)34-15-21-19-10-4-2-8-17(19)18-9-3-5-11-20(18)21/h2-5,8-11,21-22H,6-7,12-16H2,1H3,(H,27,31)(H,28,32)(H,29,30). The molecule has 1 saturated carbocycles. The zero-order valence-electron chi connectivity index (χ0n) is 19.2. The van der Waals surface area contributed by atoms with Gasteiger partial charge in [-0.3, -0.25) is 4.79 Å². The summed E-state index contributed by atoms with van der Waals surface area (Å²) in [6, 6.07) is 16.3. The van der Waals surface area contributed by atoms with E-state index in [1.807, 2.05) is 24.3 Å². The van der Waals surface area contributed by atoms with Crippen LogP contribution in [0.15, 0.2) is 48.5 Å². The molecule has 3 N–H and O–H groups in total. The summed E-state index contributed by atoms with van der Waals surface area (Å²) in [5.41, 5.74) is 3.81. The maximum atomic E-state index is 12.9.